The molecule has 66 heavy (non-hydrogen) atoms. The fourth-order valence-electron chi connectivity index (χ4n) is 8.33. The maximum atomic E-state index is 13.8. The number of carbonyl (C=O) groups is 3. The normalized spacial score (nSPS) is 27.2. The average molecular weight is 902 g/mol. The van der Waals surface area contributed by atoms with Crippen LogP contribution >= 0.6 is 0 Å². The van der Waals surface area contributed by atoms with Crippen molar-refractivity contribution in [2.75, 3.05) is 19.8 Å². The van der Waals surface area contributed by atoms with E-state index in [1.54, 1.807) is 65.6 Å². The number of esters is 2. The lowest BCUT2D eigenvalue weighted by atomic mass is 9.88. The van der Waals surface area contributed by atoms with Crippen LogP contribution in [0, 0.1) is 5.92 Å². The van der Waals surface area contributed by atoms with E-state index in [1.807, 2.05) is 105 Å². The highest BCUT2D eigenvalue weighted by Crippen LogP contribution is 2.39. The largest absolute Gasteiger partial charge is 0.453 e. The van der Waals surface area contributed by atoms with E-state index in [2.05, 4.69) is 0 Å². The molecule has 0 aliphatic carbocycles. The molecule has 14 heteroatoms. The van der Waals surface area contributed by atoms with Crippen molar-refractivity contribution in [3.63, 3.8) is 0 Å². The van der Waals surface area contributed by atoms with Crippen molar-refractivity contribution in [1.29, 1.82) is 0 Å². The van der Waals surface area contributed by atoms with Crippen LogP contribution in [0.1, 0.15) is 64.0 Å². The fourth-order valence-corrected chi connectivity index (χ4v) is 8.33. The minimum atomic E-state index is -1.41. The Bertz CT molecular complexity index is 2290. The number of fused-ring (bicyclic) bond motifs is 1. The summed E-state index contributed by atoms with van der Waals surface area (Å²) in [5.74, 6) is -1.93. The third-order valence-corrected chi connectivity index (χ3v) is 11.9. The van der Waals surface area contributed by atoms with Crippen molar-refractivity contribution >= 4 is 18.0 Å². The third-order valence-electron chi connectivity index (χ3n) is 11.9. The highest BCUT2D eigenvalue weighted by atomic mass is 16.8. The molecular weight excluding hydrogens is 847 g/mol. The van der Waals surface area contributed by atoms with Crippen LogP contribution in [0.5, 0.6) is 0 Å². The number of amides is 1. The summed E-state index contributed by atoms with van der Waals surface area (Å²) in [6, 6.07) is 45.3. The minimum Gasteiger partial charge on any atom is -0.453 e. The monoisotopic (exact) mass is 901 g/mol. The summed E-state index contributed by atoms with van der Waals surface area (Å²) in [5.41, 5.74) is 3.08. The highest BCUT2D eigenvalue weighted by Gasteiger charge is 2.55. The molecule has 8 rings (SSSR count). The Morgan fingerprint density at radius 1 is 0.667 bits per heavy atom. The lowest BCUT2D eigenvalue weighted by molar-refractivity contribution is -0.380. The standard InChI is InChI=1S/C52H55NO13/c1-3-40-43(65-51-46(64-48(56)38-25-15-7-16-26-38)42(54)45-41(62-51)33-59-49(66-45)39-27-17-8-18-28-39)34(2)44(63-47(55)37-23-13-6-14-24-37)50(61-40)58-30-29-53(31-35-19-9-4-10-20-35)52(57)60-32-36-21-11-5-12-22-36/h4-28,34,40-46,49-51,54H,3,29-33H2,1-2H3/t34-,40?,41?,42-,43-,44?,45+,46?,49?,50+,51-/m0/s1. The van der Waals surface area contributed by atoms with Crippen LogP contribution in [0.15, 0.2) is 152 Å². The first-order chi connectivity index (χ1) is 32.2. The first-order valence-corrected chi connectivity index (χ1v) is 22.4. The summed E-state index contributed by atoms with van der Waals surface area (Å²) in [6.07, 6.45) is -10.4. The molecule has 1 N–H and O–H groups in total. The van der Waals surface area contributed by atoms with E-state index >= 15 is 0 Å². The van der Waals surface area contributed by atoms with Crippen molar-refractivity contribution in [3.05, 3.63) is 179 Å². The summed E-state index contributed by atoms with van der Waals surface area (Å²) in [7, 11) is 0. The third kappa shape index (κ3) is 11.5. The van der Waals surface area contributed by atoms with Gasteiger partial charge in [-0.2, -0.15) is 0 Å². The number of hydrogen-bond acceptors (Lipinski definition) is 13. The van der Waals surface area contributed by atoms with Crippen LogP contribution in [0.2, 0.25) is 0 Å². The van der Waals surface area contributed by atoms with E-state index in [0.29, 0.717) is 12.0 Å². The smallest absolute Gasteiger partial charge is 0.410 e. The number of aliphatic hydroxyl groups excluding tert-OH is 1. The van der Waals surface area contributed by atoms with E-state index in [4.69, 9.17) is 42.6 Å². The molecule has 3 fully saturated rings. The van der Waals surface area contributed by atoms with E-state index in [9.17, 15) is 19.5 Å². The zero-order valence-corrected chi connectivity index (χ0v) is 36.8. The zero-order valence-electron chi connectivity index (χ0n) is 36.8. The number of rotatable bonds is 16. The molecule has 0 saturated carbocycles. The van der Waals surface area contributed by atoms with E-state index in [1.165, 1.54) is 0 Å². The maximum absolute atomic E-state index is 13.8. The molecule has 0 spiro atoms. The van der Waals surface area contributed by atoms with Gasteiger partial charge in [-0.1, -0.05) is 141 Å². The molecule has 5 unspecified atom stereocenters. The van der Waals surface area contributed by atoms with Gasteiger partial charge in [0.1, 0.15) is 24.9 Å². The van der Waals surface area contributed by atoms with Crippen LogP contribution in [0.25, 0.3) is 0 Å². The van der Waals surface area contributed by atoms with Gasteiger partial charge in [-0.15, -0.1) is 0 Å². The Labute approximate surface area is 384 Å². The topological polar surface area (TPSA) is 158 Å². The summed E-state index contributed by atoms with van der Waals surface area (Å²) in [6.45, 7) is 4.27. The average Bonchev–Trinajstić information content (AvgIpc) is 3.36. The molecule has 3 heterocycles. The van der Waals surface area contributed by atoms with Gasteiger partial charge in [0, 0.05) is 24.6 Å². The second-order valence-corrected chi connectivity index (χ2v) is 16.4. The van der Waals surface area contributed by atoms with Gasteiger partial charge in [-0.3, -0.25) is 0 Å². The molecule has 346 valence electrons. The van der Waals surface area contributed by atoms with E-state index in [-0.39, 0.29) is 38.5 Å². The van der Waals surface area contributed by atoms with Crippen LogP contribution in [0.4, 0.5) is 4.79 Å². The molecule has 0 radical (unpaired) electrons. The van der Waals surface area contributed by atoms with Gasteiger partial charge < -0.3 is 52.6 Å². The van der Waals surface area contributed by atoms with Crippen LogP contribution in [-0.4, -0.2) is 103 Å². The molecule has 3 aliphatic rings. The summed E-state index contributed by atoms with van der Waals surface area (Å²) in [5, 5.41) is 12.0. The predicted octanol–water partition coefficient (Wildman–Crippen LogP) is 7.65. The molecule has 5 aromatic rings. The first-order valence-electron chi connectivity index (χ1n) is 22.4. The SMILES string of the molecule is CCC1O[C@@H](OCCN(Cc2ccccc2)C(=O)OCc2ccccc2)C(OC(=O)c2ccccc2)[C@@H](C)[C@@H]1O[C@@H]1OC2COC(c3ccccc3)O[C@H]2[C@H](O)C1OC(=O)c1ccccc1. The quantitative estimate of drug-likeness (QED) is 0.0762. The molecule has 1 amide bonds. The maximum Gasteiger partial charge on any atom is 0.410 e. The molecule has 0 aromatic heterocycles. The fraction of sp³-hybridized carbons (Fsp3) is 0.365. The number of hydrogen-bond donors (Lipinski definition) is 1. The van der Waals surface area contributed by atoms with Crippen LogP contribution in [0.3, 0.4) is 0 Å². The number of carbonyl (C=O) groups excluding carboxylic acids is 3. The second-order valence-electron chi connectivity index (χ2n) is 16.4. The van der Waals surface area contributed by atoms with Gasteiger partial charge in [0.05, 0.1) is 36.5 Å². The summed E-state index contributed by atoms with van der Waals surface area (Å²) < 4.78 is 56.7. The van der Waals surface area contributed by atoms with Crippen molar-refractivity contribution in [1.82, 2.24) is 4.90 Å². The van der Waals surface area contributed by atoms with Crippen molar-refractivity contribution in [2.24, 2.45) is 5.92 Å². The lowest BCUT2D eigenvalue weighted by Gasteiger charge is -2.50. The van der Waals surface area contributed by atoms with Gasteiger partial charge in [0.25, 0.3) is 0 Å². The van der Waals surface area contributed by atoms with Crippen molar-refractivity contribution < 1.29 is 62.1 Å². The number of aliphatic hydroxyl groups is 1. The van der Waals surface area contributed by atoms with Gasteiger partial charge in [0.15, 0.2) is 31.1 Å². The van der Waals surface area contributed by atoms with Crippen LogP contribution in [-0.2, 0) is 55.8 Å². The summed E-state index contributed by atoms with van der Waals surface area (Å²) in [4.78, 5) is 42.5. The van der Waals surface area contributed by atoms with Gasteiger partial charge in [-0.25, -0.2) is 14.4 Å². The van der Waals surface area contributed by atoms with Crippen molar-refractivity contribution in [2.45, 2.75) is 95.0 Å². The first kappa shape index (κ1) is 46.6. The minimum absolute atomic E-state index is 0.00547. The number of nitrogens with zero attached hydrogens (tertiary/aromatic N) is 1. The van der Waals surface area contributed by atoms with Crippen molar-refractivity contribution in [3.8, 4) is 0 Å². The summed E-state index contributed by atoms with van der Waals surface area (Å²) >= 11 is 0. The van der Waals surface area contributed by atoms with Crippen LogP contribution < -0.4 is 0 Å². The van der Waals surface area contributed by atoms with E-state index < -0.39 is 85.5 Å². The highest BCUT2D eigenvalue weighted by molar-refractivity contribution is 5.90. The Kier molecular flexibility index (Phi) is 15.9. The number of ether oxygens (including phenoxy) is 9. The molecule has 11 atom stereocenters. The molecule has 5 aromatic carbocycles. The molecular formula is C52H55NO13. The molecule has 3 aliphatic heterocycles. The molecule has 3 saturated heterocycles. The Morgan fingerprint density at radius 3 is 1.83 bits per heavy atom. The Balaban J connectivity index is 1.02. The Morgan fingerprint density at radius 2 is 1.23 bits per heavy atom. The van der Waals surface area contributed by atoms with E-state index in [0.717, 1.165) is 16.7 Å². The zero-order chi connectivity index (χ0) is 45.8. The molecule has 14 nitrogen and oxygen atoms in total. The lowest BCUT2D eigenvalue weighted by Crippen LogP contribution is -2.65. The van der Waals surface area contributed by atoms with Gasteiger partial charge >= 0.3 is 18.0 Å². The Hall–Kier alpha value is -5.97. The van der Waals surface area contributed by atoms with Gasteiger partial charge in [-0.05, 0) is 41.8 Å². The van der Waals surface area contributed by atoms with Gasteiger partial charge in [0.2, 0.25) is 0 Å². The number of benzene rings is 5. The molecule has 0 bridgehead atoms. The second kappa shape index (κ2) is 22.5. The predicted molar refractivity (Wildman–Crippen MR) is 238 cm³/mol.